The van der Waals surface area contributed by atoms with Gasteiger partial charge in [-0.15, -0.1) is 0 Å². The standard InChI is InChI=1S/C24H22F3NO3/c25-24(26,27)14-21(28)19-9-4-8-18(12-19)17-7-3-5-16(11-17)15-31-22-10-2-1-6-20(22)13-23(29)30/h1-12,21H,13-15,28H2,(H,29,30). The SMILES string of the molecule is NC(CC(F)(F)F)c1cccc(-c2cccc(COc3ccccc3CC(=O)O)c2)c1. The Morgan fingerprint density at radius 3 is 2.35 bits per heavy atom. The fraction of sp³-hybridized carbons (Fsp3) is 0.208. The summed E-state index contributed by atoms with van der Waals surface area (Å²) >= 11 is 0. The van der Waals surface area contributed by atoms with E-state index in [9.17, 15) is 18.0 Å². The highest BCUT2D eigenvalue weighted by Crippen LogP contribution is 2.30. The molecule has 0 aliphatic rings. The predicted molar refractivity (Wildman–Crippen MR) is 112 cm³/mol. The average molecular weight is 429 g/mol. The van der Waals surface area contributed by atoms with E-state index in [1.54, 1.807) is 42.5 Å². The molecule has 3 aromatic carbocycles. The second-order valence-corrected chi connectivity index (χ2v) is 7.22. The Morgan fingerprint density at radius 2 is 1.65 bits per heavy atom. The second kappa shape index (κ2) is 9.66. The topological polar surface area (TPSA) is 72.5 Å². The molecule has 0 fully saturated rings. The summed E-state index contributed by atoms with van der Waals surface area (Å²) in [6.45, 7) is 0.220. The van der Waals surface area contributed by atoms with E-state index in [-0.39, 0.29) is 13.0 Å². The molecule has 0 bridgehead atoms. The first-order valence-corrected chi connectivity index (χ1v) is 9.65. The third-order valence-electron chi connectivity index (χ3n) is 4.74. The molecule has 3 aromatic rings. The number of ether oxygens (including phenoxy) is 1. The first-order chi connectivity index (χ1) is 14.7. The molecule has 0 aromatic heterocycles. The predicted octanol–water partition coefficient (Wildman–Crippen LogP) is 5.51. The minimum Gasteiger partial charge on any atom is -0.489 e. The van der Waals surface area contributed by atoms with Gasteiger partial charge in [0.25, 0.3) is 0 Å². The molecule has 31 heavy (non-hydrogen) atoms. The zero-order valence-electron chi connectivity index (χ0n) is 16.6. The maximum Gasteiger partial charge on any atom is 0.390 e. The van der Waals surface area contributed by atoms with Crippen LogP contribution in [-0.4, -0.2) is 17.3 Å². The van der Waals surface area contributed by atoms with Crippen LogP contribution in [0.25, 0.3) is 11.1 Å². The normalized spacial score (nSPS) is 12.4. The van der Waals surface area contributed by atoms with Crippen molar-refractivity contribution in [2.45, 2.75) is 31.7 Å². The average Bonchev–Trinajstić information content (AvgIpc) is 2.72. The molecular weight excluding hydrogens is 407 g/mol. The van der Waals surface area contributed by atoms with Gasteiger partial charge in [0.05, 0.1) is 12.8 Å². The van der Waals surface area contributed by atoms with Gasteiger partial charge < -0.3 is 15.6 Å². The highest BCUT2D eigenvalue weighted by Gasteiger charge is 2.30. The van der Waals surface area contributed by atoms with Gasteiger partial charge in [-0.2, -0.15) is 13.2 Å². The number of carbonyl (C=O) groups is 1. The smallest absolute Gasteiger partial charge is 0.390 e. The largest absolute Gasteiger partial charge is 0.489 e. The van der Waals surface area contributed by atoms with Gasteiger partial charge in [0.2, 0.25) is 0 Å². The van der Waals surface area contributed by atoms with Crippen LogP contribution in [0.2, 0.25) is 0 Å². The lowest BCUT2D eigenvalue weighted by molar-refractivity contribution is -0.138. The van der Waals surface area contributed by atoms with E-state index >= 15 is 0 Å². The molecule has 0 saturated carbocycles. The van der Waals surface area contributed by atoms with E-state index < -0.39 is 24.6 Å². The first kappa shape index (κ1) is 22.4. The fourth-order valence-corrected chi connectivity index (χ4v) is 3.27. The molecule has 3 N–H and O–H groups in total. The van der Waals surface area contributed by atoms with Crippen molar-refractivity contribution in [2.75, 3.05) is 0 Å². The zero-order chi connectivity index (χ0) is 22.4. The van der Waals surface area contributed by atoms with E-state index in [0.717, 1.165) is 16.7 Å². The minimum atomic E-state index is -4.33. The van der Waals surface area contributed by atoms with Gasteiger partial charge in [0.1, 0.15) is 12.4 Å². The van der Waals surface area contributed by atoms with Crippen molar-refractivity contribution >= 4 is 5.97 Å². The lowest BCUT2D eigenvalue weighted by Gasteiger charge is -2.16. The maximum atomic E-state index is 12.7. The van der Waals surface area contributed by atoms with E-state index in [2.05, 4.69) is 0 Å². The van der Waals surface area contributed by atoms with Gasteiger partial charge >= 0.3 is 12.1 Å². The summed E-state index contributed by atoms with van der Waals surface area (Å²) in [6.07, 6.45) is -5.55. The summed E-state index contributed by atoms with van der Waals surface area (Å²) < 4.78 is 43.8. The van der Waals surface area contributed by atoms with Gasteiger partial charge in [-0.05, 0) is 40.5 Å². The van der Waals surface area contributed by atoms with Crippen molar-refractivity contribution in [3.63, 3.8) is 0 Å². The van der Waals surface area contributed by atoms with Crippen LogP contribution >= 0.6 is 0 Å². The number of rotatable bonds is 8. The van der Waals surface area contributed by atoms with E-state index in [1.807, 2.05) is 30.3 Å². The van der Waals surface area contributed by atoms with Crippen LogP contribution in [0.15, 0.2) is 72.8 Å². The molecule has 1 unspecified atom stereocenters. The van der Waals surface area contributed by atoms with Crippen molar-refractivity contribution in [3.8, 4) is 16.9 Å². The second-order valence-electron chi connectivity index (χ2n) is 7.22. The number of alkyl halides is 3. The summed E-state index contributed by atoms with van der Waals surface area (Å²) in [4.78, 5) is 11.0. The Labute approximate surface area is 178 Å². The number of halogens is 3. The Morgan fingerprint density at radius 1 is 0.968 bits per heavy atom. The molecule has 0 heterocycles. The Bertz CT molecular complexity index is 1050. The quantitative estimate of drug-likeness (QED) is 0.495. The molecule has 4 nitrogen and oxygen atoms in total. The van der Waals surface area contributed by atoms with Crippen molar-refractivity contribution in [3.05, 3.63) is 89.5 Å². The van der Waals surface area contributed by atoms with E-state index in [0.29, 0.717) is 16.9 Å². The van der Waals surface area contributed by atoms with Crippen LogP contribution in [-0.2, 0) is 17.8 Å². The lowest BCUT2D eigenvalue weighted by atomic mass is 9.97. The van der Waals surface area contributed by atoms with Crippen molar-refractivity contribution in [1.29, 1.82) is 0 Å². The number of nitrogens with two attached hydrogens (primary N) is 1. The number of para-hydroxylation sites is 1. The Kier molecular flexibility index (Phi) is 6.97. The van der Waals surface area contributed by atoms with Gasteiger partial charge in [-0.25, -0.2) is 0 Å². The molecule has 0 radical (unpaired) electrons. The molecule has 0 amide bonds. The van der Waals surface area contributed by atoms with Gasteiger partial charge in [-0.3, -0.25) is 4.79 Å². The van der Waals surface area contributed by atoms with Gasteiger partial charge in [0, 0.05) is 11.6 Å². The molecule has 0 spiro atoms. The molecule has 7 heteroatoms. The summed E-state index contributed by atoms with van der Waals surface area (Å²) in [6, 6.07) is 20.0. The van der Waals surface area contributed by atoms with Crippen LogP contribution in [0, 0.1) is 0 Å². The fourth-order valence-electron chi connectivity index (χ4n) is 3.27. The van der Waals surface area contributed by atoms with E-state index in [1.165, 1.54) is 0 Å². The molecular formula is C24H22F3NO3. The number of hydrogen-bond acceptors (Lipinski definition) is 3. The molecule has 0 aliphatic carbocycles. The third kappa shape index (κ3) is 6.58. The number of benzene rings is 3. The maximum absolute atomic E-state index is 12.7. The summed E-state index contributed by atoms with van der Waals surface area (Å²) in [7, 11) is 0. The molecule has 1 atom stereocenters. The monoisotopic (exact) mass is 429 g/mol. The van der Waals surface area contributed by atoms with Crippen LogP contribution < -0.4 is 10.5 Å². The number of carboxylic acid groups (broad SMARTS) is 1. The molecule has 0 saturated heterocycles. The minimum absolute atomic E-state index is 0.138. The number of hydrogen-bond donors (Lipinski definition) is 2. The van der Waals surface area contributed by atoms with Crippen LogP contribution in [0.4, 0.5) is 13.2 Å². The van der Waals surface area contributed by atoms with Crippen LogP contribution in [0.3, 0.4) is 0 Å². The van der Waals surface area contributed by atoms with Gasteiger partial charge in [0.15, 0.2) is 0 Å². The highest BCUT2D eigenvalue weighted by molar-refractivity contribution is 5.71. The van der Waals surface area contributed by atoms with Crippen LogP contribution in [0.5, 0.6) is 5.75 Å². The van der Waals surface area contributed by atoms with Crippen molar-refractivity contribution < 1.29 is 27.8 Å². The zero-order valence-corrected chi connectivity index (χ0v) is 16.6. The van der Waals surface area contributed by atoms with E-state index in [4.69, 9.17) is 15.6 Å². The summed E-state index contributed by atoms with van der Waals surface area (Å²) in [5.74, 6) is -0.447. The molecule has 162 valence electrons. The molecule has 3 rings (SSSR count). The third-order valence-corrected chi connectivity index (χ3v) is 4.74. The molecule has 0 aliphatic heterocycles. The Hall–Kier alpha value is -3.32. The van der Waals surface area contributed by atoms with Crippen molar-refractivity contribution in [2.24, 2.45) is 5.73 Å². The summed E-state index contributed by atoms with van der Waals surface area (Å²) in [5.41, 5.74) is 9.15. The van der Waals surface area contributed by atoms with Gasteiger partial charge in [-0.1, -0.05) is 54.6 Å². The summed E-state index contributed by atoms with van der Waals surface area (Å²) in [5, 5.41) is 9.04. The number of aliphatic carboxylic acids is 1. The number of carboxylic acids is 1. The van der Waals surface area contributed by atoms with Crippen LogP contribution in [0.1, 0.15) is 29.2 Å². The van der Waals surface area contributed by atoms with Crippen molar-refractivity contribution in [1.82, 2.24) is 0 Å². The highest BCUT2D eigenvalue weighted by atomic mass is 19.4. The first-order valence-electron chi connectivity index (χ1n) is 9.65. The Balaban J connectivity index is 1.76. The lowest BCUT2D eigenvalue weighted by Crippen LogP contribution is -2.20.